The zero-order valence-corrected chi connectivity index (χ0v) is 18.0. The maximum atomic E-state index is 9.19. The molecule has 0 unspecified atom stereocenters. The molecule has 5 rings (SSSR count). The van der Waals surface area contributed by atoms with Crippen molar-refractivity contribution in [2.75, 3.05) is 6.61 Å². The van der Waals surface area contributed by atoms with E-state index in [1.54, 1.807) is 0 Å². The minimum absolute atomic E-state index is 0. The van der Waals surface area contributed by atoms with Gasteiger partial charge in [0.15, 0.2) is 0 Å². The molecule has 0 radical (unpaired) electrons. The normalized spacial score (nSPS) is 16.1. The van der Waals surface area contributed by atoms with Crippen molar-refractivity contribution in [1.29, 1.82) is 5.26 Å². The van der Waals surface area contributed by atoms with Crippen LogP contribution in [0.2, 0.25) is 0 Å². The molecule has 0 spiro atoms. The van der Waals surface area contributed by atoms with Gasteiger partial charge < -0.3 is 4.74 Å². The summed E-state index contributed by atoms with van der Waals surface area (Å²) in [5.41, 5.74) is 7.71. The van der Waals surface area contributed by atoms with Gasteiger partial charge in [-0.15, -0.1) is 0 Å². The van der Waals surface area contributed by atoms with Crippen LogP contribution in [0.15, 0.2) is 72.9 Å². The summed E-state index contributed by atoms with van der Waals surface area (Å²) in [6.07, 6.45) is 8.16. The highest BCUT2D eigenvalue weighted by molar-refractivity contribution is 5.90. The van der Waals surface area contributed by atoms with E-state index in [9.17, 15) is 5.26 Å². The molecule has 3 heterocycles. The number of hydrogen-bond donors (Lipinski definition) is 0. The van der Waals surface area contributed by atoms with E-state index < -0.39 is 0 Å². The van der Waals surface area contributed by atoms with E-state index >= 15 is 0 Å². The number of aryl methyl sites for hydroxylation is 1. The van der Waals surface area contributed by atoms with Gasteiger partial charge in [0.25, 0.3) is 0 Å². The van der Waals surface area contributed by atoms with Gasteiger partial charge >= 0.3 is 0 Å². The molecule has 1 aliphatic rings. The second kappa shape index (κ2) is 8.78. The lowest BCUT2D eigenvalue weighted by Gasteiger charge is -2.16. The van der Waals surface area contributed by atoms with Crippen LogP contribution in [0.1, 0.15) is 25.4 Å². The van der Waals surface area contributed by atoms with Gasteiger partial charge in [-0.05, 0) is 43.5 Å². The molecule has 0 amide bonds. The third kappa shape index (κ3) is 4.05. The topological polar surface area (TPSA) is 63.7 Å². The predicted octanol–water partition coefficient (Wildman–Crippen LogP) is 5.93. The number of pyridine rings is 1. The van der Waals surface area contributed by atoms with Gasteiger partial charge in [-0.25, -0.2) is 4.98 Å². The van der Waals surface area contributed by atoms with Crippen molar-refractivity contribution in [2.24, 2.45) is 0 Å². The highest BCUT2D eigenvalue weighted by Gasteiger charge is 2.17. The Kier molecular flexibility index (Phi) is 5.53. The Labute approximate surface area is 189 Å². The standard InChI is InChI=1S/C27H24N4O.H2/c1-19-6-10-22(11-7-19)27-24(21-12-8-20(16-28)9-13-21)15-26-25(30-27)17-29-31(26)18-23-5-3-2-4-14-32-23;/h2-3,6-13,15,17,23H,4-5,14,18H2,1H3;1H/t23-;/m1./s1. The molecule has 32 heavy (non-hydrogen) atoms. The first-order valence-corrected chi connectivity index (χ1v) is 10.9. The van der Waals surface area contributed by atoms with E-state index in [1.165, 1.54) is 5.56 Å². The summed E-state index contributed by atoms with van der Waals surface area (Å²) in [5, 5.41) is 13.8. The Bertz CT molecular complexity index is 1320. The molecule has 0 fully saturated rings. The van der Waals surface area contributed by atoms with Gasteiger partial charge in [0.2, 0.25) is 0 Å². The molecule has 1 aliphatic heterocycles. The van der Waals surface area contributed by atoms with Crippen molar-refractivity contribution in [1.82, 2.24) is 14.8 Å². The van der Waals surface area contributed by atoms with Gasteiger partial charge in [0.1, 0.15) is 5.52 Å². The first-order chi connectivity index (χ1) is 15.7. The predicted molar refractivity (Wildman–Crippen MR) is 128 cm³/mol. The van der Waals surface area contributed by atoms with E-state index in [0.29, 0.717) is 12.1 Å². The Balaban J connectivity index is 0.00000259. The van der Waals surface area contributed by atoms with Crippen LogP contribution < -0.4 is 0 Å². The Morgan fingerprint density at radius 2 is 1.88 bits per heavy atom. The van der Waals surface area contributed by atoms with Crippen molar-refractivity contribution in [3.8, 4) is 28.5 Å². The number of aromatic nitrogens is 3. The van der Waals surface area contributed by atoms with Crippen LogP contribution in [0.5, 0.6) is 0 Å². The largest absolute Gasteiger partial charge is 0.376 e. The molecule has 4 aromatic rings. The van der Waals surface area contributed by atoms with Crippen molar-refractivity contribution >= 4 is 11.0 Å². The molecule has 5 nitrogen and oxygen atoms in total. The third-order valence-electron chi connectivity index (χ3n) is 5.86. The minimum Gasteiger partial charge on any atom is -0.376 e. The van der Waals surface area contributed by atoms with E-state index in [1.807, 2.05) is 35.1 Å². The quantitative estimate of drug-likeness (QED) is 0.383. The van der Waals surface area contributed by atoms with E-state index in [0.717, 1.165) is 52.9 Å². The SMILES string of the molecule is Cc1ccc(-c2nc3cnn(C[C@H]4CC=CCCO4)c3cc2-c2ccc(C#N)cc2)cc1.[HH]. The maximum absolute atomic E-state index is 9.19. The van der Waals surface area contributed by atoms with Gasteiger partial charge in [0.05, 0.1) is 48.3 Å². The minimum atomic E-state index is 0. The number of benzene rings is 2. The molecule has 0 N–H and O–H groups in total. The zero-order valence-electron chi connectivity index (χ0n) is 18.0. The number of nitrogens with zero attached hydrogens (tertiary/aromatic N) is 4. The maximum Gasteiger partial charge on any atom is 0.109 e. The second-order valence-corrected chi connectivity index (χ2v) is 8.16. The van der Waals surface area contributed by atoms with Crippen LogP contribution in [0.25, 0.3) is 33.4 Å². The number of rotatable bonds is 4. The number of hydrogen-bond acceptors (Lipinski definition) is 4. The fourth-order valence-corrected chi connectivity index (χ4v) is 4.08. The average molecular weight is 423 g/mol. The van der Waals surface area contributed by atoms with Gasteiger partial charge in [-0.3, -0.25) is 4.68 Å². The lowest BCUT2D eigenvalue weighted by molar-refractivity contribution is 0.0488. The lowest BCUT2D eigenvalue weighted by atomic mass is 9.97. The number of nitriles is 1. The van der Waals surface area contributed by atoms with Gasteiger partial charge in [-0.1, -0.05) is 54.1 Å². The fourth-order valence-electron chi connectivity index (χ4n) is 4.08. The van der Waals surface area contributed by atoms with Crippen molar-refractivity contribution in [3.63, 3.8) is 0 Å². The van der Waals surface area contributed by atoms with Crippen molar-refractivity contribution < 1.29 is 6.16 Å². The molecule has 5 heteroatoms. The molecule has 2 aromatic carbocycles. The second-order valence-electron chi connectivity index (χ2n) is 8.16. The van der Waals surface area contributed by atoms with Crippen LogP contribution in [-0.2, 0) is 11.3 Å². The zero-order chi connectivity index (χ0) is 21.9. The van der Waals surface area contributed by atoms with E-state index in [4.69, 9.17) is 9.72 Å². The smallest absolute Gasteiger partial charge is 0.109 e. The fraction of sp³-hybridized carbons (Fsp3) is 0.222. The Hall–Kier alpha value is -3.75. The summed E-state index contributed by atoms with van der Waals surface area (Å²) in [6.45, 7) is 3.51. The van der Waals surface area contributed by atoms with E-state index in [-0.39, 0.29) is 7.53 Å². The molecule has 160 valence electrons. The average Bonchev–Trinajstić information content (AvgIpc) is 3.03. The van der Waals surface area contributed by atoms with Gasteiger partial charge in [0, 0.05) is 12.6 Å². The third-order valence-corrected chi connectivity index (χ3v) is 5.86. The molecular weight excluding hydrogens is 396 g/mol. The summed E-state index contributed by atoms with van der Waals surface area (Å²) in [6, 6.07) is 20.4. The van der Waals surface area contributed by atoms with Crippen LogP contribution >= 0.6 is 0 Å². The molecule has 0 aliphatic carbocycles. The molecule has 0 saturated carbocycles. The highest BCUT2D eigenvalue weighted by atomic mass is 16.5. The summed E-state index contributed by atoms with van der Waals surface area (Å²) in [4.78, 5) is 5.02. The lowest BCUT2D eigenvalue weighted by Crippen LogP contribution is -2.20. The molecule has 2 aromatic heterocycles. The van der Waals surface area contributed by atoms with E-state index in [2.05, 4.69) is 60.6 Å². The molecule has 1 atom stereocenters. The highest BCUT2D eigenvalue weighted by Crippen LogP contribution is 2.34. The van der Waals surface area contributed by atoms with Crippen LogP contribution in [0, 0.1) is 18.3 Å². The van der Waals surface area contributed by atoms with Gasteiger partial charge in [-0.2, -0.15) is 10.4 Å². The first kappa shape index (κ1) is 20.2. The number of fused-ring (bicyclic) bond motifs is 1. The Morgan fingerprint density at radius 3 is 2.66 bits per heavy atom. The Morgan fingerprint density at radius 1 is 1.09 bits per heavy atom. The van der Waals surface area contributed by atoms with Crippen LogP contribution in [-0.4, -0.2) is 27.5 Å². The summed E-state index contributed by atoms with van der Waals surface area (Å²) < 4.78 is 7.99. The molecule has 0 saturated heterocycles. The molecular formula is C27H26N4O. The first-order valence-electron chi connectivity index (χ1n) is 10.9. The van der Waals surface area contributed by atoms with Crippen molar-refractivity contribution in [3.05, 3.63) is 84.1 Å². The number of ether oxygens (including phenoxy) is 1. The van der Waals surface area contributed by atoms with Crippen LogP contribution in [0.4, 0.5) is 0 Å². The van der Waals surface area contributed by atoms with Crippen molar-refractivity contribution in [2.45, 2.75) is 32.4 Å². The summed E-state index contributed by atoms with van der Waals surface area (Å²) in [5.74, 6) is 0. The molecule has 0 bridgehead atoms. The monoisotopic (exact) mass is 422 g/mol. The van der Waals surface area contributed by atoms with Crippen LogP contribution in [0.3, 0.4) is 0 Å². The summed E-state index contributed by atoms with van der Waals surface area (Å²) >= 11 is 0. The summed E-state index contributed by atoms with van der Waals surface area (Å²) in [7, 11) is 0.